The molecule has 3 rings (SSSR count). The van der Waals surface area contributed by atoms with E-state index in [4.69, 9.17) is 9.47 Å². The van der Waals surface area contributed by atoms with Crippen LogP contribution >= 0.6 is 15.9 Å². The Labute approximate surface area is 141 Å². The highest BCUT2D eigenvalue weighted by atomic mass is 79.9. The van der Waals surface area contributed by atoms with Crippen molar-refractivity contribution in [3.63, 3.8) is 0 Å². The fourth-order valence-corrected chi connectivity index (χ4v) is 2.85. The second-order valence-electron chi connectivity index (χ2n) is 5.25. The zero-order valence-corrected chi connectivity index (χ0v) is 14.3. The molecule has 0 radical (unpaired) electrons. The number of rotatable bonds is 2. The van der Waals surface area contributed by atoms with Crippen LogP contribution < -0.4 is 15.0 Å². The molecule has 0 atom stereocenters. The second kappa shape index (κ2) is 6.05. The molecule has 2 heterocycles. The lowest BCUT2D eigenvalue weighted by Gasteiger charge is -2.20. The quantitative estimate of drug-likeness (QED) is 0.804. The van der Waals surface area contributed by atoms with Gasteiger partial charge in [-0.05, 0) is 37.1 Å². The van der Waals surface area contributed by atoms with Gasteiger partial charge >= 0.3 is 0 Å². The molecule has 6 nitrogen and oxygen atoms in total. The van der Waals surface area contributed by atoms with Crippen molar-refractivity contribution in [3.05, 3.63) is 49.3 Å². The van der Waals surface area contributed by atoms with Crippen LogP contribution in [0.4, 0.5) is 0 Å². The van der Waals surface area contributed by atoms with E-state index in [-0.39, 0.29) is 12.1 Å². The highest BCUT2D eigenvalue weighted by molar-refractivity contribution is 9.10. The van der Waals surface area contributed by atoms with E-state index >= 15 is 0 Å². The van der Waals surface area contributed by atoms with E-state index in [0.29, 0.717) is 36.0 Å². The highest BCUT2D eigenvalue weighted by Crippen LogP contribution is 2.35. The van der Waals surface area contributed by atoms with Crippen LogP contribution in [-0.2, 0) is 6.54 Å². The summed E-state index contributed by atoms with van der Waals surface area (Å²) in [5.41, 5.74) is 1.85. The Hall–Kier alpha value is -2.33. The molecule has 0 saturated heterocycles. The molecule has 1 aliphatic heterocycles. The van der Waals surface area contributed by atoms with E-state index in [0.717, 1.165) is 10.0 Å². The molecule has 23 heavy (non-hydrogen) atoms. The van der Waals surface area contributed by atoms with Crippen molar-refractivity contribution in [2.24, 2.45) is 0 Å². The minimum absolute atomic E-state index is 0.131. The van der Waals surface area contributed by atoms with Gasteiger partial charge in [0.05, 0.1) is 12.2 Å². The second-order valence-corrected chi connectivity index (χ2v) is 6.10. The minimum Gasteiger partial charge on any atom is -0.486 e. The molecule has 0 spiro atoms. The summed E-state index contributed by atoms with van der Waals surface area (Å²) in [6.45, 7) is 4.76. The van der Waals surface area contributed by atoms with Gasteiger partial charge in [-0.15, -0.1) is 0 Å². The molecule has 0 bridgehead atoms. The third-order valence-electron chi connectivity index (χ3n) is 3.78. The number of nitriles is 1. The predicted octanol–water partition coefficient (Wildman–Crippen LogP) is 2.31. The van der Waals surface area contributed by atoms with Gasteiger partial charge in [-0.1, -0.05) is 15.9 Å². The van der Waals surface area contributed by atoms with Crippen LogP contribution in [0.2, 0.25) is 0 Å². The molecule has 1 aliphatic rings. The molecule has 2 aromatic rings. The molecule has 1 aromatic heterocycles. The predicted molar refractivity (Wildman–Crippen MR) is 86.9 cm³/mol. The molecule has 1 aromatic carbocycles. The van der Waals surface area contributed by atoms with Crippen molar-refractivity contribution in [1.82, 2.24) is 9.78 Å². The molecule has 0 amide bonds. The van der Waals surface area contributed by atoms with Gasteiger partial charge in [-0.3, -0.25) is 4.79 Å². The number of ether oxygens (including phenoxy) is 2. The Bertz CT molecular complexity index is 884. The minimum atomic E-state index is -0.391. The summed E-state index contributed by atoms with van der Waals surface area (Å²) in [5, 5.41) is 13.5. The van der Waals surface area contributed by atoms with Crippen molar-refractivity contribution in [1.29, 1.82) is 5.26 Å². The third-order valence-corrected chi connectivity index (χ3v) is 4.52. The zero-order chi connectivity index (χ0) is 16.6. The van der Waals surface area contributed by atoms with Crippen molar-refractivity contribution in [2.75, 3.05) is 13.2 Å². The third kappa shape index (κ3) is 2.82. The first-order valence-electron chi connectivity index (χ1n) is 7.07. The fraction of sp³-hybridized carbons (Fsp3) is 0.312. The standard InChI is InChI=1S/C16H14BrN3O3/c1-9-10(2)19-20(16(21)12(9)7-18)8-11-5-14-15(6-13(11)17)23-4-3-22-14/h5-6H,3-4,8H2,1-2H3. The maximum absolute atomic E-state index is 12.4. The van der Waals surface area contributed by atoms with Crippen molar-refractivity contribution >= 4 is 15.9 Å². The van der Waals surface area contributed by atoms with E-state index in [1.165, 1.54) is 4.68 Å². The van der Waals surface area contributed by atoms with Gasteiger partial charge in [-0.2, -0.15) is 10.4 Å². The lowest BCUT2D eigenvalue weighted by molar-refractivity contribution is 0.171. The van der Waals surface area contributed by atoms with Crippen LogP contribution in [-0.4, -0.2) is 23.0 Å². The van der Waals surface area contributed by atoms with Gasteiger partial charge in [-0.25, -0.2) is 4.68 Å². The van der Waals surface area contributed by atoms with Gasteiger partial charge in [0.15, 0.2) is 11.5 Å². The number of benzene rings is 1. The first-order chi connectivity index (χ1) is 11.0. The molecule has 0 aliphatic carbocycles. The van der Waals surface area contributed by atoms with E-state index in [9.17, 15) is 10.1 Å². The number of aryl methyl sites for hydroxylation is 1. The average Bonchev–Trinajstić information content (AvgIpc) is 2.54. The van der Waals surface area contributed by atoms with Crippen LogP contribution in [0.1, 0.15) is 22.4 Å². The van der Waals surface area contributed by atoms with E-state index in [1.54, 1.807) is 13.8 Å². The van der Waals surface area contributed by atoms with Crippen LogP contribution in [0.5, 0.6) is 11.5 Å². The number of aromatic nitrogens is 2. The Morgan fingerprint density at radius 2 is 1.96 bits per heavy atom. The monoisotopic (exact) mass is 375 g/mol. The number of nitrogens with zero attached hydrogens (tertiary/aromatic N) is 3. The van der Waals surface area contributed by atoms with Crippen molar-refractivity contribution in [3.8, 4) is 17.6 Å². The summed E-state index contributed by atoms with van der Waals surface area (Å²) in [5.74, 6) is 1.32. The topological polar surface area (TPSA) is 77.1 Å². The first-order valence-corrected chi connectivity index (χ1v) is 7.87. The van der Waals surface area contributed by atoms with E-state index < -0.39 is 5.56 Å². The molecular weight excluding hydrogens is 362 g/mol. The number of fused-ring (bicyclic) bond motifs is 1. The summed E-state index contributed by atoms with van der Waals surface area (Å²) in [6.07, 6.45) is 0. The Morgan fingerprint density at radius 3 is 2.61 bits per heavy atom. The van der Waals surface area contributed by atoms with Gasteiger partial charge < -0.3 is 9.47 Å². The van der Waals surface area contributed by atoms with E-state index in [2.05, 4.69) is 21.0 Å². The van der Waals surface area contributed by atoms with Crippen LogP contribution in [0, 0.1) is 25.2 Å². The molecule has 0 N–H and O–H groups in total. The Balaban J connectivity index is 2.05. The van der Waals surface area contributed by atoms with Gasteiger partial charge in [0.1, 0.15) is 24.8 Å². The summed E-state index contributed by atoms with van der Waals surface area (Å²) < 4.78 is 13.2. The smallest absolute Gasteiger partial charge is 0.285 e. The summed E-state index contributed by atoms with van der Waals surface area (Å²) in [4.78, 5) is 12.4. The molecule has 0 fully saturated rings. The molecule has 7 heteroatoms. The lowest BCUT2D eigenvalue weighted by Crippen LogP contribution is -2.28. The van der Waals surface area contributed by atoms with Crippen LogP contribution in [0.25, 0.3) is 0 Å². The zero-order valence-electron chi connectivity index (χ0n) is 12.7. The Morgan fingerprint density at radius 1 is 1.30 bits per heavy atom. The normalized spacial score (nSPS) is 12.8. The van der Waals surface area contributed by atoms with Gasteiger partial charge in [0, 0.05) is 4.47 Å². The largest absolute Gasteiger partial charge is 0.486 e. The summed E-state index contributed by atoms with van der Waals surface area (Å²) >= 11 is 3.48. The van der Waals surface area contributed by atoms with Gasteiger partial charge in [0.2, 0.25) is 0 Å². The highest BCUT2D eigenvalue weighted by Gasteiger charge is 2.17. The summed E-state index contributed by atoms with van der Waals surface area (Å²) in [6, 6.07) is 5.61. The van der Waals surface area contributed by atoms with Crippen LogP contribution in [0.15, 0.2) is 21.4 Å². The van der Waals surface area contributed by atoms with Gasteiger partial charge in [0.25, 0.3) is 5.56 Å². The number of hydrogen-bond donors (Lipinski definition) is 0. The Kier molecular flexibility index (Phi) is 4.09. The average molecular weight is 376 g/mol. The summed E-state index contributed by atoms with van der Waals surface area (Å²) in [7, 11) is 0. The molecule has 118 valence electrons. The maximum Gasteiger partial charge on any atom is 0.285 e. The SMILES string of the molecule is Cc1nn(Cc2cc3c(cc2Br)OCCO3)c(=O)c(C#N)c1C. The lowest BCUT2D eigenvalue weighted by atomic mass is 10.1. The maximum atomic E-state index is 12.4. The number of halogens is 1. The van der Waals surface area contributed by atoms with Crippen molar-refractivity contribution in [2.45, 2.75) is 20.4 Å². The first kappa shape index (κ1) is 15.6. The van der Waals surface area contributed by atoms with Crippen molar-refractivity contribution < 1.29 is 9.47 Å². The van der Waals surface area contributed by atoms with E-state index in [1.807, 2.05) is 18.2 Å². The molecular formula is C16H14BrN3O3. The van der Waals surface area contributed by atoms with Crippen LogP contribution in [0.3, 0.4) is 0 Å². The number of hydrogen-bond acceptors (Lipinski definition) is 5. The molecule has 0 unspecified atom stereocenters. The molecule has 0 saturated carbocycles. The fourth-order valence-electron chi connectivity index (χ4n) is 2.40.